The molecular weight excluding hydrogens is 386 g/mol. The fourth-order valence-electron chi connectivity index (χ4n) is 3.21. The van der Waals surface area contributed by atoms with E-state index in [4.69, 9.17) is 0 Å². The van der Waals surface area contributed by atoms with Gasteiger partial charge in [0, 0.05) is 24.0 Å². The number of nitrogens with one attached hydrogen (secondary N) is 1. The molecule has 3 rings (SSSR count). The van der Waals surface area contributed by atoms with Gasteiger partial charge in [-0.2, -0.15) is 0 Å². The monoisotopic (exact) mass is 412 g/mol. The van der Waals surface area contributed by atoms with Gasteiger partial charge >= 0.3 is 0 Å². The minimum Gasteiger partial charge on any atom is -0.598 e. The number of alkyl halides is 2. The highest BCUT2D eigenvalue weighted by atomic mass is 32.2. The Bertz CT molecular complexity index is 963. The minimum absolute atomic E-state index is 0.220. The predicted molar refractivity (Wildman–Crippen MR) is 108 cm³/mol. The highest BCUT2D eigenvalue weighted by molar-refractivity contribution is 7.90. The van der Waals surface area contributed by atoms with Crippen LogP contribution in [-0.4, -0.2) is 37.9 Å². The predicted octanol–water partition coefficient (Wildman–Crippen LogP) is 2.81. The molecule has 1 aromatic heterocycles. The molecule has 1 aromatic carbocycles. The first-order valence-electron chi connectivity index (χ1n) is 9.12. The van der Waals surface area contributed by atoms with Crippen LogP contribution < -0.4 is 15.2 Å². The van der Waals surface area contributed by atoms with Gasteiger partial charge in [0.1, 0.15) is 4.75 Å². The third-order valence-corrected chi connectivity index (χ3v) is 6.44. The van der Waals surface area contributed by atoms with E-state index in [1.807, 2.05) is 40.7 Å². The van der Waals surface area contributed by atoms with Crippen LogP contribution >= 0.6 is 0 Å². The van der Waals surface area contributed by atoms with Crippen LogP contribution in [0.25, 0.3) is 10.9 Å². The zero-order valence-corrected chi connectivity index (χ0v) is 17.8. The van der Waals surface area contributed by atoms with Gasteiger partial charge in [-0.3, -0.25) is 9.36 Å². The van der Waals surface area contributed by atoms with Crippen molar-refractivity contribution in [3.05, 3.63) is 33.6 Å². The van der Waals surface area contributed by atoms with E-state index in [1.165, 1.54) is 9.47 Å². The van der Waals surface area contributed by atoms with Gasteiger partial charge in [0.05, 0.1) is 30.0 Å². The maximum atomic E-state index is 13.3. The van der Waals surface area contributed by atoms with Crippen LogP contribution in [0, 0.1) is 6.92 Å². The first kappa shape index (κ1) is 21.0. The van der Waals surface area contributed by atoms with Gasteiger partial charge in [-0.15, -0.1) is 4.72 Å². The average molecular weight is 413 g/mol. The Labute approximate surface area is 166 Å². The molecule has 0 spiro atoms. The van der Waals surface area contributed by atoms with Crippen LogP contribution in [0.5, 0.6) is 0 Å². The van der Waals surface area contributed by atoms with Crippen LogP contribution in [0.2, 0.25) is 0 Å². The highest BCUT2D eigenvalue weighted by Gasteiger charge is 2.45. The van der Waals surface area contributed by atoms with Crippen molar-refractivity contribution in [1.29, 1.82) is 0 Å². The molecule has 2 aromatic rings. The van der Waals surface area contributed by atoms with Gasteiger partial charge in [-0.1, -0.05) is 6.07 Å². The zero-order valence-electron chi connectivity index (χ0n) is 17.0. The van der Waals surface area contributed by atoms with Crippen molar-refractivity contribution in [2.75, 3.05) is 18.0 Å². The van der Waals surface area contributed by atoms with Crippen molar-refractivity contribution in [2.45, 2.75) is 51.3 Å². The summed E-state index contributed by atoms with van der Waals surface area (Å²) in [6.07, 6.45) is 0. The summed E-state index contributed by atoms with van der Waals surface area (Å²) in [7, 11) is 1.54. The van der Waals surface area contributed by atoms with Crippen LogP contribution in [0.15, 0.2) is 16.9 Å². The van der Waals surface area contributed by atoms with Gasteiger partial charge < -0.3 is 9.45 Å². The third kappa shape index (κ3) is 3.88. The topological polar surface area (TPSA) is 73.2 Å². The molecule has 1 aliphatic heterocycles. The zero-order chi connectivity index (χ0) is 21.0. The van der Waals surface area contributed by atoms with E-state index in [-0.39, 0.29) is 17.5 Å². The van der Waals surface area contributed by atoms with E-state index < -0.39 is 35.1 Å². The molecule has 1 unspecified atom stereocenters. The number of fused-ring (bicyclic) bond motifs is 1. The van der Waals surface area contributed by atoms with E-state index in [1.54, 1.807) is 13.1 Å². The maximum absolute atomic E-state index is 13.3. The van der Waals surface area contributed by atoms with Crippen LogP contribution in [0.1, 0.15) is 44.9 Å². The van der Waals surface area contributed by atoms with E-state index in [0.29, 0.717) is 10.9 Å². The fourth-order valence-corrected chi connectivity index (χ4v) is 4.01. The minimum atomic E-state index is -2.76. The number of halogens is 2. The Morgan fingerprint density at radius 3 is 2.46 bits per heavy atom. The van der Waals surface area contributed by atoms with Crippen molar-refractivity contribution in [3.63, 3.8) is 0 Å². The summed E-state index contributed by atoms with van der Waals surface area (Å²) < 4.78 is 43.1. The summed E-state index contributed by atoms with van der Waals surface area (Å²) in [6.45, 7) is 8.42. The lowest BCUT2D eigenvalue weighted by Crippen LogP contribution is -2.58. The molecule has 1 N–H and O–H groups in total. The van der Waals surface area contributed by atoms with Gasteiger partial charge in [-0.05, 0) is 46.2 Å². The van der Waals surface area contributed by atoms with Gasteiger partial charge in [0.25, 0.3) is 11.5 Å². The second-order valence-electron chi connectivity index (χ2n) is 8.46. The van der Waals surface area contributed by atoms with Crippen molar-refractivity contribution in [2.24, 2.45) is 7.05 Å². The SMILES string of the molecule is Cc1cc(C(C)N[S@+]([O-])C(C)(C)C)c2nc(N3CC(F)(F)C3)n(C)c(=O)c2c1. The lowest BCUT2D eigenvalue weighted by Gasteiger charge is -2.40. The molecule has 154 valence electrons. The molecule has 0 bridgehead atoms. The van der Waals surface area contributed by atoms with Crippen LogP contribution in [0.3, 0.4) is 0 Å². The first-order valence-corrected chi connectivity index (χ1v) is 10.3. The highest BCUT2D eigenvalue weighted by Crippen LogP contribution is 2.32. The Balaban J connectivity index is 2.10. The summed E-state index contributed by atoms with van der Waals surface area (Å²) >= 11 is -1.31. The molecule has 0 amide bonds. The molecule has 6 nitrogen and oxygen atoms in total. The second kappa shape index (κ2) is 6.96. The number of benzene rings is 1. The summed E-state index contributed by atoms with van der Waals surface area (Å²) in [5.41, 5.74) is 1.76. The number of hydrogen-bond donors (Lipinski definition) is 1. The summed E-state index contributed by atoms with van der Waals surface area (Å²) in [4.78, 5) is 18.9. The maximum Gasteiger partial charge on any atom is 0.282 e. The Morgan fingerprint density at radius 1 is 1.32 bits per heavy atom. The third-order valence-electron chi connectivity index (χ3n) is 4.76. The van der Waals surface area contributed by atoms with Crippen molar-refractivity contribution in [3.8, 4) is 0 Å². The summed E-state index contributed by atoms with van der Waals surface area (Å²) in [5.74, 6) is -2.54. The van der Waals surface area contributed by atoms with Crippen molar-refractivity contribution < 1.29 is 13.3 Å². The quantitative estimate of drug-likeness (QED) is 0.782. The fraction of sp³-hybridized carbons (Fsp3) is 0.579. The number of aromatic nitrogens is 2. The van der Waals surface area contributed by atoms with E-state index >= 15 is 0 Å². The Hall–Kier alpha value is -1.71. The molecule has 2 heterocycles. The van der Waals surface area contributed by atoms with E-state index in [0.717, 1.165) is 11.1 Å². The number of aryl methyl sites for hydroxylation is 1. The standard InChI is InChI=1S/C19H26F2N4O2S/c1-11-7-13(12(2)23-28(27)18(3,4)5)15-14(8-11)16(26)24(6)17(22-15)25-9-19(20,21)10-25/h7-8,12,23H,9-10H2,1-6H3/t12?,28-/m1/s1. The Morgan fingerprint density at radius 2 is 1.93 bits per heavy atom. The van der Waals surface area contributed by atoms with E-state index in [9.17, 15) is 18.1 Å². The number of nitrogens with zero attached hydrogens (tertiary/aromatic N) is 3. The van der Waals surface area contributed by atoms with Crippen molar-refractivity contribution >= 4 is 28.2 Å². The summed E-state index contributed by atoms with van der Waals surface area (Å²) in [5, 5.41) is 0.420. The molecule has 0 saturated carbocycles. The molecule has 1 saturated heterocycles. The number of anilines is 1. The molecule has 0 aliphatic carbocycles. The lowest BCUT2D eigenvalue weighted by atomic mass is 10.0. The van der Waals surface area contributed by atoms with Gasteiger partial charge in [-0.25, -0.2) is 13.8 Å². The average Bonchev–Trinajstić information content (AvgIpc) is 2.54. The second-order valence-corrected chi connectivity index (χ2v) is 10.5. The molecule has 9 heteroatoms. The van der Waals surface area contributed by atoms with Gasteiger partial charge in [0.2, 0.25) is 5.95 Å². The molecular formula is C19H26F2N4O2S. The molecule has 0 radical (unpaired) electrons. The Kier molecular flexibility index (Phi) is 5.23. The molecule has 1 aliphatic rings. The number of rotatable bonds is 4. The van der Waals surface area contributed by atoms with E-state index in [2.05, 4.69) is 9.71 Å². The van der Waals surface area contributed by atoms with Crippen LogP contribution in [-0.2, 0) is 18.4 Å². The lowest BCUT2D eigenvalue weighted by molar-refractivity contribution is -0.0275. The molecule has 2 atom stereocenters. The number of hydrogen-bond acceptors (Lipinski definition) is 5. The summed E-state index contributed by atoms with van der Waals surface area (Å²) in [6, 6.07) is 3.30. The molecule has 28 heavy (non-hydrogen) atoms. The smallest absolute Gasteiger partial charge is 0.282 e. The molecule has 1 fully saturated rings. The van der Waals surface area contributed by atoms with Gasteiger partial charge in [0.15, 0.2) is 0 Å². The van der Waals surface area contributed by atoms with Crippen LogP contribution in [0.4, 0.5) is 14.7 Å². The largest absolute Gasteiger partial charge is 0.598 e. The van der Waals surface area contributed by atoms with Crippen molar-refractivity contribution in [1.82, 2.24) is 14.3 Å². The first-order chi connectivity index (χ1) is 12.8. The normalized spacial score (nSPS) is 18.8.